The molecular weight excluding hydrogens is 237 g/mol. The number of anilines is 1. The largest absolute Gasteiger partial charge is 0.478 e. The zero-order chi connectivity index (χ0) is 13.7. The Morgan fingerprint density at radius 1 is 1.44 bits per heavy atom. The van der Waals surface area contributed by atoms with Crippen molar-refractivity contribution >= 4 is 17.6 Å². The number of hydrogen-bond acceptors (Lipinski definition) is 2. The number of carboxylic acid groups (broad SMARTS) is 1. The monoisotopic (exact) mass is 253 g/mol. The van der Waals surface area contributed by atoms with Crippen molar-refractivity contribution in [3.05, 3.63) is 29.6 Å². The number of aromatic carboxylic acids is 1. The number of hydrogen-bond donors (Lipinski definition) is 2. The first kappa shape index (κ1) is 14.2. The third kappa shape index (κ3) is 3.29. The van der Waals surface area contributed by atoms with Crippen molar-refractivity contribution in [2.24, 2.45) is 5.92 Å². The van der Waals surface area contributed by atoms with Gasteiger partial charge in [-0.1, -0.05) is 26.3 Å². The summed E-state index contributed by atoms with van der Waals surface area (Å²) in [7, 11) is 0. The molecule has 1 atom stereocenters. The minimum Gasteiger partial charge on any atom is -0.478 e. The van der Waals surface area contributed by atoms with Gasteiger partial charge in [-0.2, -0.15) is 0 Å². The molecule has 0 saturated carbocycles. The molecule has 1 aromatic rings. The fourth-order valence-corrected chi connectivity index (χ4v) is 1.67. The molecule has 0 heterocycles. The molecule has 0 aromatic heterocycles. The Bertz CT molecular complexity index is 460. The number of halogens is 1. The third-order valence-corrected chi connectivity index (χ3v) is 2.65. The standard InChI is InChI=1S/C13H16FNO3/c1-3-5-8(2)12(16)15-10-7-4-6-9(14)11(10)13(17)18/h4,6-8H,3,5H2,1-2H3,(H,15,16)(H,17,18). The van der Waals surface area contributed by atoms with E-state index in [4.69, 9.17) is 5.11 Å². The van der Waals surface area contributed by atoms with Gasteiger partial charge in [0.1, 0.15) is 11.4 Å². The Hall–Kier alpha value is -1.91. The Morgan fingerprint density at radius 3 is 2.67 bits per heavy atom. The van der Waals surface area contributed by atoms with Gasteiger partial charge >= 0.3 is 5.97 Å². The molecule has 1 aromatic carbocycles. The zero-order valence-electron chi connectivity index (χ0n) is 10.4. The lowest BCUT2D eigenvalue weighted by atomic mass is 10.0. The molecule has 5 heteroatoms. The molecule has 2 N–H and O–H groups in total. The molecule has 4 nitrogen and oxygen atoms in total. The van der Waals surface area contributed by atoms with Gasteiger partial charge < -0.3 is 10.4 Å². The van der Waals surface area contributed by atoms with Gasteiger partial charge in [0, 0.05) is 5.92 Å². The van der Waals surface area contributed by atoms with E-state index in [9.17, 15) is 14.0 Å². The van der Waals surface area contributed by atoms with E-state index < -0.39 is 17.3 Å². The highest BCUT2D eigenvalue weighted by Gasteiger charge is 2.19. The summed E-state index contributed by atoms with van der Waals surface area (Å²) >= 11 is 0. The van der Waals surface area contributed by atoms with Crippen molar-refractivity contribution < 1.29 is 19.1 Å². The van der Waals surface area contributed by atoms with Crippen LogP contribution in [-0.4, -0.2) is 17.0 Å². The number of carboxylic acids is 1. The van der Waals surface area contributed by atoms with E-state index >= 15 is 0 Å². The van der Waals surface area contributed by atoms with Crippen LogP contribution in [0.25, 0.3) is 0 Å². The molecule has 0 aliphatic heterocycles. The van der Waals surface area contributed by atoms with Gasteiger partial charge in [-0.05, 0) is 18.6 Å². The van der Waals surface area contributed by atoms with Gasteiger partial charge in [0.2, 0.25) is 5.91 Å². The van der Waals surface area contributed by atoms with Gasteiger partial charge in [-0.3, -0.25) is 4.79 Å². The Labute approximate surface area is 105 Å². The summed E-state index contributed by atoms with van der Waals surface area (Å²) in [5, 5.41) is 11.4. The second-order valence-electron chi connectivity index (χ2n) is 4.15. The SMILES string of the molecule is CCCC(C)C(=O)Nc1cccc(F)c1C(=O)O. The van der Waals surface area contributed by atoms with Crippen molar-refractivity contribution in [2.75, 3.05) is 5.32 Å². The summed E-state index contributed by atoms with van der Waals surface area (Å²) in [6, 6.07) is 3.79. The number of nitrogens with one attached hydrogen (secondary N) is 1. The van der Waals surface area contributed by atoms with Gasteiger partial charge in [0.15, 0.2) is 0 Å². The van der Waals surface area contributed by atoms with Crippen molar-refractivity contribution in [1.29, 1.82) is 0 Å². The first-order chi connectivity index (χ1) is 8.47. The number of carbonyl (C=O) groups is 2. The summed E-state index contributed by atoms with van der Waals surface area (Å²) in [6.45, 7) is 3.70. The lowest BCUT2D eigenvalue weighted by Gasteiger charge is -2.13. The first-order valence-corrected chi connectivity index (χ1v) is 5.80. The molecule has 0 bridgehead atoms. The van der Waals surface area contributed by atoms with Gasteiger partial charge in [0.05, 0.1) is 5.69 Å². The van der Waals surface area contributed by atoms with Crippen LogP contribution in [0.15, 0.2) is 18.2 Å². The second kappa shape index (κ2) is 6.14. The van der Waals surface area contributed by atoms with Crippen LogP contribution in [0, 0.1) is 11.7 Å². The summed E-state index contributed by atoms with van der Waals surface area (Å²) in [5.41, 5.74) is -0.509. The van der Waals surface area contributed by atoms with Gasteiger partial charge in [0.25, 0.3) is 0 Å². The molecule has 0 spiro atoms. The van der Waals surface area contributed by atoms with Crippen molar-refractivity contribution in [2.45, 2.75) is 26.7 Å². The summed E-state index contributed by atoms with van der Waals surface area (Å²) in [5.74, 6) is -2.79. The van der Waals surface area contributed by atoms with E-state index in [1.807, 2.05) is 6.92 Å². The van der Waals surface area contributed by atoms with Crippen molar-refractivity contribution in [3.8, 4) is 0 Å². The van der Waals surface area contributed by atoms with Gasteiger partial charge in [-0.15, -0.1) is 0 Å². The summed E-state index contributed by atoms with van der Waals surface area (Å²) in [4.78, 5) is 22.7. The average Bonchev–Trinajstić information content (AvgIpc) is 2.28. The van der Waals surface area contributed by atoms with Crippen LogP contribution in [0.1, 0.15) is 37.0 Å². The van der Waals surface area contributed by atoms with Crippen molar-refractivity contribution in [1.82, 2.24) is 0 Å². The Balaban J connectivity index is 2.94. The summed E-state index contributed by atoms with van der Waals surface area (Å²) < 4.78 is 13.4. The molecule has 0 fully saturated rings. The van der Waals surface area contributed by atoms with E-state index in [0.717, 1.165) is 12.5 Å². The molecule has 0 saturated heterocycles. The molecule has 1 unspecified atom stereocenters. The molecule has 1 amide bonds. The first-order valence-electron chi connectivity index (χ1n) is 5.80. The molecule has 0 radical (unpaired) electrons. The van der Waals surface area contributed by atoms with E-state index in [0.29, 0.717) is 6.42 Å². The Morgan fingerprint density at radius 2 is 2.11 bits per heavy atom. The number of rotatable bonds is 5. The molecule has 0 aliphatic rings. The molecule has 98 valence electrons. The highest BCUT2D eigenvalue weighted by atomic mass is 19.1. The van der Waals surface area contributed by atoms with E-state index in [2.05, 4.69) is 5.32 Å². The Kier molecular flexibility index (Phi) is 4.83. The number of carbonyl (C=O) groups excluding carboxylic acids is 1. The predicted octanol–water partition coefficient (Wildman–Crippen LogP) is 2.90. The quantitative estimate of drug-likeness (QED) is 0.847. The lowest BCUT2D eigenvalue weighted by molar-refractivity contribution is -0.119. The molecule has 0 aliphatic carbocycles. The molecule has 1 rings (SSSR count). The number of amides is 1. The maximum atomic E-state index is 13.4. The highest BCUT2D eigenvalue weighted by Crippen LogP contribution is 2.20. The lowest BCUT2D eigenvalue weighted by Crippen LogP contribution is -2.22. The minimum absolute atomic E-state index is 0.00421. The van der Waals surface area contributed by atoms with E-state index in [-0.39, 0.29) is 17.5 Å². The normalized spacial score (nSPS) is 11.9. The van der Waals surface area contributed by atoms with Gasteiger partial charge in [-0.25, -0.2) is 9.18 Å². The van der Waals surface area contributed by atoms with Crippen LogP contribution in [0.2, 0.25) is 0 Å². The highest BCUT2D eigenvalue weighted by molar-refractivity contribution is 6.01. The maximum absolute atomic E-state index is 13.4. The van der Waals surface area contributed by atoms with Crippen LogP contribution < -0.4 is 5.32 Å². The van der Waals surface area contributed by atoms with Crippen LogP contribution in [-0.2, 0) is 4.79 Å². The van der Waals surface area contributed by atoms with Crippen LogP contribution in [0.4, 0.5) is 10.1 Å². The summed E-state index contributed by atoms with van der Waals surface area (Å²) in [6.07, 6.45) is 1.55. The van der Waals surface area contributed by atoms with Crippen molar-refractivity contribution in [3.63, 3.8) is 0 Å². The molecule has 18 heavy (non-hydrogen) atoms. The fourth-order valence-electron chi connectivity index (χ4n) is 1.67. The number of benzene rings is 1. The van der Waals surface area contributed by atoms with E-state index in [1.54, 1.807) is 6.92 Å². The average molecular weight is 253 g/mol. The smallest absolute Gasteiger partial charge is 0.340 e. The second-order valence-corrected chi connectivity index (χ2v) is 4.15. The predicted molar refractivity (Wildman–Crippen MR) is 66.1 cm³/mol. The van der Waals surface area contributed by atoms with Crippen LogP contribution in [0.3, 0.4) is 0 Å². The maximum Gasteiger partial charge on any atom is 0.340 e. The van der Waals surface area contributed by atoms with Crippen LogP contribution in [0.5, 0.6) is 0 Å². The minimum atomic E-state index is -1.40. The topological polar surface area (TPSA) is 66.4 Å². The van der Waals surface area contributed by atoms with E-state index in [1.165, 1.54) is 12.1 Å². The zero-order valence-corrected chi connectivity index (χ0v) is 10.4. The molecular formula is C13H16FNO3. The third-order valence-electron chi connectivity index (χ3n) is 2.65. The fraction of sp³-hybridized carbons (Fsp3) is 0.385. The van der Waals surface area contributed by atoms with Crippen LogP contribution >= 0.6 is 0 Å².